The number of ether oxygens (including phenoxy) is 1. The standard InChI is InChI=1S/C16H23BO3/c1-14(2)10-18-13-11(14)8-7-9-12(13)17-19-15(3,4)16(5,6)20-17/h7-9H,10H2,1-6H3. The Hall–Kier alpha value is -0.995. The minimum Gasteiger partial charge on any atom is -0.493 e. The minimum atomic E-state index is -0.358. The fourth-order valence-corrected chi connectivity index (χ4v) is 2.73. The molecular formula is C16H23BO3. The van der Waals surface area contributed by atoms with Crippen LogP contribution in [0.3, 0.4) is 0 Å². The summed E-state index contributed by atoms with van der Waals surface area (Å²) >= 11 is 0. The number of hydrogen-bond donors (Lipinski definition) is 0. The molecule has 2 aliphatic heterocycles. The summed E-state index contributed by atoms with van der Waals surface area (Å²) in [5.74, 6) is 0.941. The molecule has 3 nitrogen and oxygen atoms in total. The van der Waals surface area contributed by atoms with Crippen LogP contribution in [0.4, 0.5) is 0 Å². The molecule has 2 heterocycles. The number of rotatable bonds is 1. The minimum absolute atomic E-state index is 0.0506. The quantitative estimate of drug-likeness (QED) is 0.737. The molecule has 0 amide bonds. The molecule has 1 aromatic rings. The third-order valence-electron chi connectivity index (χ3n) is 4.86. The van der Waals surface area contributed by atoms with Crippen LogP contribution in [0, 0.1) is 0 Å². The van der Waals surface area contributed by atoms with E-state index >= 15 is 0 Å². The van der Waals surface area contributed by atoms with Gasteiger partial charge in [0, 0.05) is 16.4 Å². The Labute approximate surface area is 121 Å². The summed E-state index contributed by atoms with van der Waals surface area (Å²) in [4.78, 5) is 0. The Morgan fingerprint density at radius 1 is 0.950 bits per heavy atom. The van der Waals surface area contributed by atoms with Gasteiger partial charge in [0.05, 0.1) is 17.8 Å². The molecule has 108 valence electrons. The Morgan fingerprint density at radius 3 is 2.15 bits per heavy atom. The van der Waals surface area contributed by atoms with Crippen molar-refractivity contribution in [2.75, 3.05) is 6.61 Å². The lowest BCUT2D eigenvalue weighted by molar-refractivity contribution is 0.00578. The van der Waals surface area contributed by atoms with Crippen molar-refractivity contribution in [1.82, 2.24) is 0 Å². The van der Waals surface area contributed by atoms with Crippen LogP contribution < -0.4 is 10.2 Å². The fourth-order valence-electron chi connectivity index (χ4n) is 2.73. The van der Waals surface area contributed by atoms with E-state index in [1.165, 1.54) is 5.56 Å². The molecule has 0 aliphatic carbocycles. The maximum atomic E-state index is 6.14. The van der Waals surface area contributed by atoms with Crippen LogP contribution in [-0.2, 0) is 14.7 Å². The third kappa shape index (κ3) is 1.89. The van der Waals surface area contributed by atoms with Crippen molar-refractivity contribution in [2.24, 2.45) is 0 Å². The van der Waals surface area contributed by atoms with E-state index in [4.69, 9.17) is 14.0 Å². The third-order valence-corrected chi connectivity index (χ3v) is 4.86. The van der Waals surface area contributed by atoms with Crippen LogP contribution in [0.1, 0.15) is 47.1 Å². The number of para-hydroxylation sites is 1. The molecule has 0 bridgehead atoms. The lowest BCUT2D eigenvalue weighted by Gasteiger charge is -2.32. The maximum absolute atomic E-state index is 6.14. The molecule has 1 saturated heterocycles. The normalized spacial score (nSPS) is 25.4. The zero-order valence-corrected chi connectivity index (χ0v) is 13.2. The molecule has 0 N–H and O–H groups in total. The predicted octanol–water partition coefficient (Wildman–Crippen LogP) is 2.66. The molecule has 4 heteroatoms. The van der Waals surface area contributed by atoms with Gasteiger partial charge in [0.15, 0.2) is 0 Å². The van der Waals surface area contributed by atoms with Crippen molar-refractivity contribution in [3.8, 4) is 5.75 Å². The second kappa shape index (κ2) is 4.02. The van der Waals surface area contributed by atoms with Crippen molar-refractivity contribution in [3.63, 3.8) is 0 Å². The molecule has 1 aromatic carbocycles. The van der Waals surface area contributed by atoms with Crippen molar-refractivity contribution in [1.29, 1.82) is 0 Å². The second-order valence-corrected chi connectivity index (χ2v) is 7.48. The van der Waals surface area contributed by atoms with Crippen LogP contribution >= 0.6 is 0 Å². The second-order valence-electron chi connectivity index (χ2n) is 7.48. The first-order chi connectivity index (χ1) is 9.14. The van der Waals surface area contributed by atoms with Gasteiger partial charge in [0.1, 0.15) is 5.75 Å². The monoisotopic (exact) mass is 274 g/mol. The fraction of sp³-hybridized carbons (Fsp3) is 0.625. The number of fused-ring (bicyclic) bond motifs is 1. The van der Waals surface area contributed by atoms with E-state index in [1.54, 1.807) is 0 Å². The number of hydrogen-bond acceptors (Lipinski definition) is 3. The van der Waals surface area contributed by atoms with E-state index in [9.17, 15) is 0 Å². The van der Waals surface area contributed by atoms with Gasteiger partial charge in [-0.2, -0.15) is 0 Å². The van der Waals surface area contributed by atoms with Gasteiger partial charge < -0.3 is 14.0 Å². The molecule has 3 rings (SSSR count). The molecular weight excluding hydrogens is 251 g/mol. The van der Waals surface area contributed by atoms with E-state index in [0.29, 0.717) is 6.61 Å². The summed E-state index contributed by atoms with van der Waals surface area (Å²) in [6.07, 6.45) is 0. The van der Waals surface area contributed by atoms with Gasteiger partial charge in [-0.3, -0.25) is 0 Å². The summed E-state index contributed by atoms with van der Waals surface area (Å²) < 4.78 is 18.2. The van der Waals surface area contributed by atoms with E-state index < -0.39 is 0 Å². The predicted molar refractivity (Wildman–Crippen MR) is 80.7 cm³/mol. The lowest BCUT2D eigenvalue weighted by atomic mass is 9.75. The van der Waals surface area contributed by atoms with E-state index in [-0.39, 0.29) is 23.7 Å². The summed E-state index contributed by atoms with van der Waals surface area (Å²) in [7, 11) is -0.358. The zero-order chi connectivity index (χ0) is 14.8. The Balaban J connectivity index is 2.01. The van der Waals surface area contributed by atoms with Gasteiger partial charge >= 0.3 is 7.12 Å². The molecule has 0 atom stereocenters. The maximum Gasteiger partial charge on any atom is 0.498 e. The largest absolute Gasteiger partial charge is 0.498 e. The Morgan fingerprint density at radius 2 is 1.55 bits per heavy atom. The van der Waals surface area contributed by atoms with E-state index in [0.717, 1.165) is 11.2 Å². The van der Waals surface area contributed by atoms with Crippen LogP contribution in [0.15, 0.2) is 18.2 Å². The average molecular weight is 274 g/mol. The highest BCUT2D eigenvalue weighted by molar-refractivity contribution is 6.63. The lowest BCUT2D eigenvalue weighted by Crippen LogP contribution is -2.41. The van der Waals surface area contributed by atoms with Gasteiger partial charge in [-0.25, -0.2) is 0 Å². The van der Waals surface area contributed by atoms with Gasteiger partial charge in [-0.1, -0.05) is 32.0 Å². The molecule has 2 aliphatic rings. The molecule has 20 heavy (non-hydrogen) atoms. The first kappa shape index (κ1) is 14.0. The molecule has 0 spiro atoms. The van der Waals surface area contributed by atoms with Crippen LogP contribution in [0.5, 0.6) is 5.75 Å². The smallest absolute Gasteiger partial charge is 0.493 e. The first-order valence-electron chi connectivity index (χ1n) is 7.26. The van der Waals surface area contributed by atoms with Crippen LogP contribution in [0.25, 0.3) is 0 Å². The highest BCUT2D eigenvalue weighted by atomic mass is 16.7. The van der Waals surface area contributed by atoms with Gasteiger partial charge in [0.25, 0.3) is 0 Å². The summed E-state index contributed by atoms with van der Waals surface area (Å²) in [5.41, 5.74) is 1.65. The average Bonchev–Trinajstić information content (AvgIpc) is 2.74. The van der Waals surface area contributed by atoms with Gasteiger partial charge in [0.2, 0.25) is 0 Å². The summed E-state index contributed by atoms with van der Waals surface area (Å²) in [5, 5.41) is 0. The van der Waals surface area contributed by atoms with Crippen molar-refractivity contribution < 1.29 is 14.0 Å². The molecule has 0 saturated carbocycles. The topological polar surface area (TPSA) is 27.7 Å². The van der Waals surface area contributed by atoms with Crippen LogP contribution in [-0.4, -0.2) is 24.9 Å². The van der Waals surface area contributed by atoms with Crippen molar-refractivity contribution in [3.05, 3.63) is 23.8 Å². The van der Waals surface area contributed by atoms with Crippen molar-refractivity contribution >= 4 is 12.6 Å². The first-order valence-corrected chi connectivity index (χ1v) is 7.26. The SMILES string of the molecule is CC1(C)COc2c(B3OC(C)(C)C(C)(C)O3)cccc21. The van der Waals surface area contributed by atoms with Crippen molar-refractivity contribution in [2.45, 2.75) is 58.2 Å². The van der Waals surface area contributed by atoms with Crippen LogP contribution in [0.2, 0.25) is 0 Å². The summed E-state index contributed by atoms with van der Waals surface area (Å²) in [6, 6.07) is 6.25. The Bertz CT molecular complexity index is 533. The molecule has 0 radical (unpaired) electrons. The Kier molecular flexibility index (Phi) is 2.80. The summed E-state index contributed by atoms with van der Waals surface area (Å²) in [6.45, 7) is 13.4. The van der Waals surface area contributed by atoms with E-state index in [2.05, 4.69) is 53.7 Å². The van der Waals surface area contributed by atoms with Gasteiger partial charge in [-0.15, -0.1) is 0 Å². The molecule has 0 aromatic heterocycles. The highest BCUT2D eigenvalue weighted by Crippen LogP contribution is 2.41. The van der Waals surface area contributed by atoms with E-state index in [1.807, 2.05) is 6.07 Å². The highest BCUT2D eigenvalue weighted by Gasteiger charge is 2.53. The zero-order valence-electron chi connectivity index (χ0n) is 13.2. The number of benzene rings is 1. The molecule has 1 fully saturated rings. The molecule has 0 unspecified atom stereocenters. The van der Waals surface area contributed by atoms with Gasteiger partial charge in [-0.05, 0) is 27.7 Å².